The smallest absolute Gasteiger partial charge is 0.0702 e. The largest absolute Gasteiger partial charge is 0.394 e. The van der Waals surface area contributed by atoms with E-state index < -0.39 is 15.8 Å². The summed E-state index contributed by atoms with van der Waals surface area (Å²) >= 11 is 0. The molecule has 0 spiro atoms. The van der Waals surface area contributed by atoms with Crippen LogP contribution in [0.2, 0.25) is 0 Å². The first-order chi connectivity index (χ1) is 36.5. The van der Waals surface area contributed by atoms with Crippen LogP contribution >= 0.6 is 15.8 Å². The van der Waals surface area contributed by atoms with Gasteiger partial charge in [0.25, 0.3) is 0 Å². The minimum Gasteiger partial charge on any atom is -0.394 e. The highest BCUT2D eigenvalue weighted by Gasteiger charge is 2.23. The summed E-state index contributed by atoms with van der Waals surface area (Å²) in [5.74, 6) is 0. The Labute approximate surface area is 452 Å². The Bertz CT molecular complexity index is 2150. The Morgan fingerprint density at radius 1 is 0.263 bits per heavy atom. The van der Waals surface area contributed by atoms with Crippen molar-refractivity contribution in [1.29, 1.82) is 0 Å². The number of rotatable bonds is 31. The molecule has 0 unspecified atom stereocenters. The van der Waals surface area contributed by atoms with Gasteiger partial charge in [-0.05, 0) is 222 Å². The summed E-state index contributed by atoms with van der Waals surface area (Å²) in [6, 6.07) is 22.2. The van der Waals surface area contributed by atoms with Crippen LogP contribution in [-0.4, -0.2) is 204 Å². The zero-order valence-electron chi connectivity index (χ0n) is 45.3. The summed E-state index contributed by atoms with van der Waals surface area (Å²) in [5.41, 5.74) is 6.40. The summed E-state index contributed by atoms with van der Waals surface area (Å²) < 4.78 is 0. The fourth-order valence-electron chi connectivity index (χ4n) is 6.95. The average molecular weight is 1080 g/mol. The van der Waals surface area contributed by atoms with Gasteiger partial charge in [0, 0.05) is 49.7 Å². The molecule has 76 heavy (non-hydrogen) atoms. The van der Waals surface area contributed by atoms with Crippen molar-refractivity contribution in [3.63, 3.8) is 0 Å². The van der Waals surface area contributed by atoms with E-state index in [2.05, 4.69) is 88.5 Å². The number of nitrogens with zero attached hydrogens (tertiary/aromatic N) is 8. The summed E-state index contributed by atoms with van der Waals surface area (Å²) in [6.07, 6.45) is 15.4. The zero-order chi connectivity index (χ0) is 55.6. The van der Waals surface area contributed by atoms with E-state index in [1.807, 2.05) is 79.7 Å². The average Bonchev–Trinajstić information content (AvgIpc) is 3.44. The summed E-state index contributed by atoms with van der Waals surface area (Å²) in [6.45, 7) is 13.7. The standard InChI is InChI=1S/C58H80N8O8P2/c1-39(31-67)59-23-47-11-48(24-60-40(2)32-68)16-55(15-47)75(56-17-49(25-61-41(3)33-69)12-50(18-56)26-62-42(4)34-70)9-10-76(57-19-51(27-63-43(5)35-71)13-52(20-57)28-64-44(6)36-72)58-21-53(29-65-45(7)37-73)14-54(22-58)30-66-46(8)38-74/h11-30,39-46,67-74H,9-10,31-38H2,1-8H3/t39-,40-,41-,42-,43-,44-,45-,46-,75?,76?/m1/s1. The van der Waals surface area contributed by atoms with Crippen LogP contribution in [-0.2, 0) is 0 Å². The molecule has 0 heterocycles. The van der Waals surface area contributed by atoms with Gasteiger partial charge in [-0.3, -0.25) is 39.9 Å². The van der Waals surface area contributed by atoms with Crippen LogP contribution in [0.5, 0.6) is 0 Å². The summed E-state index contributed by atoms with van der Waals surface area (Å²) in [7, 11) is -2.59. The monoisotopic (exact) mass is 1080 g/mol. The number of hydrogen-bond acceptors (Lipinski definition) is 16. The van der Waals surface area contributed by atoms with E-state index in [4.69, 9.17) is 0 Å². The fourth-order valence-corrected chi connectivity index (χ4v) is 12.6. The topological polar surface area (TPSA) is 261 Å². The van der Waals surface area contributed by atoms with Gasteiger partial charge in [-0.15, -0.1) is 0 Å². The lowest BCUT2D eigenvalue weighted by Gasteiger charge is -2.26. The van der Waals surface area contributed by atoms with E-state index in [1.54, 1.807) is 49.7 Å². The van der Waals surface area contributed by atoms with Gasteiger partial charge in [0.2, 0.25) is 0 Å². The van der Waals surface area contributed by atoms with Gasteiger partial charge in [-0.25, -0.2) is 0 Å². The second kappa shape index (κ2) is 33.8. The molecule has 0 saturated carbocycles. The van der Waals surface area contributed by atoms with Gasteiger partial charge in [0.1, 0.15) is 0 Å². The molecule has 4 aromatic carbocycles. The Balaban J connectivity index is 2.18. The SMILES string of the molecule is C[C@H](CO)N=Cc1cc(C=N[C@H](C)CO)cc(P(CCP(c2cc(C=N[C@H](C)CO)cc(C=N[C@H](C)CO)c2)c2cc(C=N[C@H](C)CO)cc(C=N[C@H](C)CO)c2)c2cc(C=N[C@H](C)CO)cc(C=N[C@H](C)CO)c2)c1. The van der Waals surface area contributed by atoms with Crippen LogP contribution in [0.4, 0.5) is 0 Å². The van der Waals surface area contributed by atoms with Crippen molar-refractivity contribution in [3.8, 4) is 0 Å². The third kappa shape index (κ3) is 22.0. The number of benzene rings is 4. The second-order valence-electron chi connectivity index (χ2n) is 19.2. The lowest BCUT2D eigenvalue weighted by atomic mass is 10.1. The molecule has 0 aliphatic heterocycles. The lowest BCUT2D eigenvalue weighted by molar-refractivity contribution is 0.274. The molecule has 0 radical (unpaired) electrons. The van der Waals surface area contributed by atoms with Gasteiger partial charge in [0.15, 0.2) is 0 Å². The van der Waals surface area contributed by atoms with Crippen molar-refractivity contribution in [3.05, 3.63) is 117 Å². The first-order valence-electron chi connectivity index (χ1n) is 25.8. The molecule has 16 nitrogen and oxygen atoms in total. The molecule has 8 N–H and O–H groups in total. The van der Waals surface area contributed by atoms with Crippen molar-refractivity contribution in [2.75, 3.05) is 65.2 Å². The molecule has 0 saturated heterocycles. The minimum atomic E-state index is -1.29. The number of aliphatic hydroxyl groups is 8. The van der Waals surface area contributed by atoms with Gasteiger partial charge in [0.05, 0.1) is 101 Å². The van der Waals surface area contributed by atoms with Gasteiger partial charge >= 0.3 is 0 Å². The molecule has 0 aromatic heterocycles. The molecule has 4 rings (SSSR count). The van der Waals surface area contributed by atoms with Crippen LogP contribution < -0.4 is 21.2 Å². The molecule has 0 aliphatic carbocycles. The quantitative estimate of drug-likeness (QED) is 0.0272. The Morgan fingerprint density at radius 3 is 0.513 bits per heavy atom. The molecule has 8 atom stereocenters. The van der Waals surface area contributed by atoms with Crippen LogP contribution in [0.25, 0.3) is 0 Å². The van der Waals surface area contributed by atoms with Gasteiger partial charge in [-0.2, -0.15) is 0 Å². The van der Waals surface area contributed by atoms with E-state index in [-0.39, 0.29) is 101 Å². The number of aliphatic hydroxyl groups excluding tert-OH is 8. The van der Waals surface area contributed by atoms with E-state index in [0.717, 1.165) is 65.7 Å². The van der Waals surface area contributed by atoms with Crippen LogP contribution in [0.15, 0.2) is 113 Å². The predicted molar refractivity (Wildman–Crippen MR) is 321 cm³/mol. The van der Waals surface area contributed by atoms with Crippen molar-refractivity contribution in [2.45, 2.75) is 104 Å². The summed E-state index contributed by atoms with van der Waals surface area (Å²) in [4.78, 5) is 37.2. The molecule has 18 heteroatoms. The van der Waals surface area contributed by atoms with Crippen LogP contribution in [0, 0.1) is 0 Å². The first-order valence-corrected chi connectivity index (χ1v) is 28.9. The second-order valence-corrected chi connectivity index (χ2v) is 23.9. The van der Waals surface area contributed by atoms with Crippen molar-refractivity contribution in [1.82, 2.24) is 0 Å². The van der Waals surface area contributed by atoms with E-state index in [0.29, 0.717) is 12.3 Å². The highest BCUT2D eigenvalue weighted by Crippen LogP contribution is 2.42. The first kappa shape index (κ1) is 63.3. The Hall–Kier alpha value is -5.22. The maximum absolute atomic E-state index is 9.94. The number of aliphatic imine (C=N–C) groups is 8. The third-order valence-corrected chi connectivity index (χ3v) is 16.8. The summed E-state index contributed by atoms with van der Waals surface area (Å²) in [5, 5.41) is 83.5. The van der Waals surface area contributed by atoms with Crippen LogP contribution in [0.1, 0.15) is 99.9 Å². The molecule has 0 amide bonds. The van der Waals surface area contributed by atoms with E-state index in [9.17, 15) is 40.9 Å². The fraction of sp³-hybridized carbons (Fsp3) is 0.448. The third-order valence-electron chi connectivity index (χ3n) is 11.6. The molecule has 410 valence electrons. The van der Waals surface area contributed by atoms with Crippen LogP contribution in [0.3, 0.4) is 0 Å². The molecular formula is C58H80N8O8P2. The molecule has 0 fully saturated rings. The maximum Gasteiger partial charge on any atom is 0.0702 e. The minimum absolute atomic E-state index is 0.125. The molecule has 0 aliphatic rings. The highest BCUT2D eigenvalue weighted by molar-refractivity contribution is 7.76. The van der Waals surface area contributed by atoms with Gasteiger partial charge < -0.3 is 40.9 Å². The predicted octanol–water partition coefficient (Wildman–Crippen LogP) is 3.65. The van der Waals surface area contributed by atoms with Crippen molar-refractivity contribution >= 4 is 86.8 Å². The van der Waals surface area contributed by atoms with E-state index >= 15 is 0 Å². The Morgan fingerprint density at radius 2 is 0.395 bits per heavy atom. The molecule has 0 bridgehead atoms. The zero-order valence-corrected chi connectivity index (χ0v) is 47.1. The van der Waals surface area contributed by atoms with Crippen molar-refractivity contribution < 1.29 is 40.9 Å². The maximum atomic E-state index is 9.94. The Kier molecular flexibility index (Phi) is 28.2. The van der Waals surface area contributed by atoms with E-state index in [1.165, 1.54) is 0 Å². The lowest BCUT2D eigenvalue weighted by Crippen LogP contribution is -2.23. The van der Waals surface area contributed by atoms with Crippen molar-refractivity contribution in [2.24, 2.45) is 39.9 Å². The highest BCUT2D eigenvalue weighted by atomic mass is 31.1. The molecular weight excluding hydrogens is 999 g/mol. The number of hydrogen-bond donors (Lipinski definition) is 8. The molecule has 4 aromatic rings. The van der Waals surface area contributed by atoms with Gasteiger partial charge in [-0.1, -0.05) is 0 Å². The normalized spacial score (nSPS) is 16.8.